The Morgan fingerprint density at radius 1 is 1.29 bits per heavy atom. The molecule has 1 atom stereocenters. The quantitative estimate of drug-likeness (QED) is 0.823. The lowest BCUT2D eigenvalue weighted by molar-refractivity contribution is 0.369. The molecule has 3 rings (SSSR count). The van der Waals surface area contributed by atoms with E-state index in [0.29, 0.717) is 40.0 Å². The normalized spacial score (nSPS) is 16.0. The van der Waals surface area contributed by atoms with Crippen LogP contribution in [0.2, 0.25) is 10.0 Å². The molecule has 28 heavy (non-hydrogen) atoms. The smallest absolute Gasteiger partial charge is 0.258 e. The molecule has 8 heteroatoms. The molecule has 1 aromatic carbocycles. The molecule has 2 heterocycles. The van der Waals surface area contributed by atoms with Crippen LogP contribution in [0, 0.1) is 18.3 Å². The Labute approximate surface area is 173 Å². The molecule has 1 aliphatic heterocycles. The topological polar surface area (TPSA) is 84.3 Å². The van der Waals surface area contributed by atoms with Crippen LogP contribution in [0.4, 0.5) is 0 Å². The number of nitrogens with two attached hydrogens (primary N) is 1. The van der Waals surface area contributed by atoms with Crippen molar-refractivity contribution in [2.24, 2.45) is 5.73 Å². The fraction of sp³-hybridized carbons (Fsp3) is 0.300. The first-order chi connectivity index (χ1) is 13.3. The van der Waals surface area contributed by atoms with E-state index in [0.717, 1.165) is 5.69 Å². The van der Waals surface area contributed by atoms with Gasteiger partial charge in [0, 0.05) is 40.5 Å². The standard InChI is InChI=1S/C20H20Cl2N4O2/c1-11-9-15-18(20(27)26(11)8-7-25(2)3)16(12(10-23)19(24)28-15)17-13(21)5-4-6-14(17)22/h4-6,9,16H,7-8,24H2,1-3H3/t16-/m1/s1. The third-order valence-corrected chi connectivity index (χ3v) is 5.41. The largest absolute Gasteiger partial charge is 0.440 e. The van der Waals surface area contributed by atoms with Crippen molar-refractivity contribution in [3.63, 3.8) is 0 Å². The second-order valence-corrected chi connectivity index (χ2v) is 7.70. The number of rotatable bonds is 4. The van der Waals surface area contributed by atoms with Crippen molar-refractivity contribution in [3.8, 4) is 11.8 Å². The molecular weight excluding hydrogens is 399 g/mol. The summed E-state index contributed by atoms with van der Waals surface area (Å²) in [4.78, 5) is 15.4. The van der Waals surface area contributed by atoms with Gasteiger partial charge in [-0.1, -0.05) is 29.3 Å². The summed E-state index contributed by atoms with van der Waals surface area (Å²) in [7, 11) is 3.87. The van der Waals surface area contributed by atoms with E-state index in [1.165, 1.54) is 0 Å². The van der Waals surface area contributed by atoms with Crippen LogP contribution in [0.5, 0.6) is 5.75 Å². The predicted octanol–water partition coefficient (Wildman–Crippen LogP) is 3.24. The molecule has 2 N–H and O–H groups in total. The van der Waals surface area contributed by atoms with Gasteiger partial charge in [-0.3, -0.25) is 4.79 Å². The molecule has 146 valence electrons. The number of halogens is 2. The highest BCUT2D eigenvalue weighted by molar-refractivity contribution is 6.36. The van der Waals surface area contributed by atoms with Gasteiger partial charge < -0.3 is 19.9 Å². The van der Waals surface area contributed by atoms with Crippen LogP contribution in [-0.2, 0) is 6.54 Å². The summed E-state index contributed by atoms with van der Waals surface area (Å²) >= 11 is 12.8. The van der Waals surface area contributed by atoms with Crippen LogP contribution in [0.1, 0.15) is 22.7 Å². The molecule has 1 aromatic heterocycles. The highest BCUT2D eigenvalue weighted by Gasteiger charge is 2.36. The average molecular weight is 419 g/mol. The maximum atomic E-state index is 13.4. The first-order valence-electron chi connectivity index (χ1n) is 8.66. The summed E-state index contributed by atoms with van der Waals surface area (Å²) < 4.78 is 7.30. The third kappa shape index (κ3) is 3.49. The van der Waals surface area contributed by atoms with Gasteiger partial charge in [0.15, 0.2) is 0 Å². The van der Waals surface area contributed by atoms with Crippen molar-refractivity contribution in [1.82, 2.24) is 9.47 Å². The van der Waals surface area contributed by atoms with Crippen molar-refractivity contribution < 1.29 is 4.74 Å². The van der Waals surface area contributed by atoms with E-state index in [1.54, 1.807) is 28.8 Å². The Hall–Kier alpha value is -2.46. The van der Waals surface area contributed by atoms with Gasteiger partial charge in [0.2, 0.25) is 5.88 Å². The Bertz CT molecular complexity index is 1050. The Balaban J connectivity index is 2.31. The lowest BCUT2D eigenvalue weighted by atomic mass is 9.84. The molecule has 0 unspecified atom stereocenters. The first kappa shape index (κ1) is 20.3. The number of nitriles is 1. The molecule has 0 saturated carbocycles. The number of hydrogen-bond acceptors (Lipinski definition) is 5. The zero-order valence-corrected chi connectivity index (χ0v) is 17.3. The molecule has 0 amide bonds. The predicted molar refractivity (Wildman–Crippen MR) is 110 cm³/mol. The maximum Gasteiger partial charge on any atom is 0.258 e. The fourth-order valence-corrected chi connectivity index (χ4v) is 3.95. The summed E-state index contributed by atoms with van der Waals surface area (Å²) in [5.74, 6) is -0.532. The zero-order valence-electron chi connectivity index (χ0n) is 15.8. The molecule has 0 fully saturated rings. The highest BCUT2D eigenvalue weighted by atomic mass is 35.5. The number of fused-ring (bicyclic) bond motifs is 1. The molecule has 0 saturated heterocycles. The zero-order chi connectivity index (χ0) is 20.6. The van der Waals surface area contributed by atoms with Gasteiger partial charge in [-0.2, -0.15) is 5.26 Å². The van der Waals surface area contributed by atoms with Gasteiger partial charge in [0.05, 0.1) is 11.5 Å². The monoisotopic (exact) mass is 418 g/mol. The van der Waals surface area contributed by atoms with E-state index in [2.05, 4.69) is 6.07 Å². The summed E-state index contributed by atoms with van der Waals surface area (Å²) in [5.41, 5.74) is 7.38. The molecule has 0 radical (unpaired) electrons. The molecule has 2 aromatic rings. The Morgan fingerprint density at radius 2 is 1.93 bits per heavy atom. The van der Waals surface area contributed by atoms with Crippen LogP contribution in [0.3, 0.4) is 0 Å². The fourth-order valence-electron chi connectivity index (χ4n) is 3.34. The highest BCUT2D eigenvalue weighted by Crippen LogP contribution is 2.45. The molecule has 0 aliphatic carbocycles. The van der Waals surface area contributed by atoms with Gasteiger partial charge >= 0.3 is 0 Å². The number of hydrogen-bond donors (Lipinski definition) is 1. The van der Waals surface area contributed by atoms with E-state index in [9.17, 15) is 10.1 Å². The SMILES string of the molecule is Cc1cc2c(c(=O)n1CCN(C)C)[C@@H](c1c(Cl)cccc1Cl)C(C#N)=C(N)O2. The minimum atomic E-state index is -0.798. The van der Waals surface area contributed by atoms with Crippen LogP contribution < -0.4 is 16.0 Å². The van der Waals surface area contributed by atoms with Crippen molar-refractivity contribution in [1.29, 1.82) is 5.26 Å². The third-order valence-electron chi connectivity index (χ3n) is 4.75. The summed E-state index contributed by atoms with van der Waals surface area (Å²) in [5, 5.41) is 10.4. The number of pyridine rings is 1. The van der Waals surface area contributed by atoms with E-state index < -0.39 is 5.92 Å². The second kappa shape index (κ2) is 7.88. The van der Waals surface area contributed by atoms with E-state index in [1.807, 2.05) is 25.9 Å². The lowest BCUT2D eigenvalue weighted by Crippen LogP contribution is -2.34. The summed E-state index contributed by atoms with van der Waals surface area (Å²) in [6, 6.07) is 8.86. The number of likely N-dealkylation sites (N-methyl/N-ethyl adjacent to an activating group) is 1. The van der Waals surface area contributed by atoms with Gasteiger partial charge in [0.1, 0.15) is 17.4 Å². The van der Waals surface area contributed by atoms with Gasteiger partial charge in [-0.15, -0.1) is 0 Å². The Kier molecular flexibility index (Phi) is 5.71. The van der Waals surface area contributed by atoms with Gasteiger partial charge in [-0.25, -0.2) is 0 Å². The van der Waals surface area contributed by atoms with E-state index in [-0.39, 0.29) is 17.0 Å². The van der Waals surface area contributed by atoms with Crippen molar-refractivity contribution in [2.75, 3.05) is 20.6 Å². The van der Waals surface area contributed by atoms with Gasteiger partial charge in [-0.05, 0) is 33.2 Å². The minimum Gasteiger partial charge on any atom is -0.440 e. The van der Waals surface area contributed by atoms with Crippen molar-refractivity contribution in [2.45, 2.75) is 19.4 Å². The van der Waals surface area contributed by atoms with E-state index >= 15 is 0 Å². The molecule has 6 nitrogen and oxygen atoms in total. The van der Waals surface area contributed by atoms with Crippen molar-refractivity contribution in [3.05, 3.63) is 72.9 Å². The molecular formula is C20H20Cl2N4O2. The average Bonchev–Trinajstić information content (AvgIpc) is 2.60. The molecule has 1 aliphatic rings. The number of allylic oxidation sites excluding steroid dienone is 1. The lowest BCUT2D eigenvalue weighted by Gasteiger charge is -2.28. The number of aryl methyl sites for hydroxylation is 1. The van der Waals surface area contributed by atoms with Crippen LogP contribution in [0.15, 0.2) is 40.5 Å². The van der Waals surface area contributed by atoms with Crippen LogP contribution >= 0.6 is 23.2 Å². The molecule has 0 bridgehead atoms. The number of aromatic nitrogens is 1. The number of ether oxygens (including phenoxy) is 1. The number of nitrogens with zero attached hydrogens (tertiary/aromatic N) is 3. The second-order valence-electron chi connectivity index (χ2n) is 6.88. The van der Waals surface area contributed by atoms with Crippen LogP contribution in [-0.4, -0.2) is 30.1 Å². The maximum absolute atomic E-state index is 13.4. The molecule has 0 spiro atoms. The Morgan fingerprint density at radius 3 is 2.50 bits per heavy atom. The van der Waals surface area contributed by atoms with Crippen molar-refractivity contribution >= 4 is 23.2 Å². The van der Waals surface area contributed by atoms with Crippen LogP contribution in [0.25, 0.3) is 0 Å². The minimum absolute atomic E-state index is 0.0548. The first-order valence-corrected chi connectivity index (χ1v) is 9.42. The number of benzene rings is 1. The summed E-state index contributed by atoms with van der Waals surface area (Å²) in [6.07, 6.45) is 0. The van der Waals surface area contributed by atoms with E-state index in [4.69, 9.17) is 33.7 Å². The summed E-state index contributed by atoms with van der Waals surface area (Å²) in [6.45, 7) is 3.01. The van der Waals surface area contributed by atoms with Gasteiger partial charge in [0.25, 0.3) is 5.56 Å².